The third-order valence-electron chi connectivity index (χ3n) is 4.99. The van der Waals surface area contributed by atoms with E-state index in [-0.39, 0.29) is 27.8 Å². The summed E-state index contributed by atoms with van der Waals surface area (Å²) in [6.45, 7) is 1.77. The molecule has 0 unspecified atom stereocenters. The number of rotatable bonds is 6. The molecule has 0 saturated carbocycles. The van der Waals surface area contributed by atoms with Crippen LogP contribution in [0.15, 0.2) is 70.6 Å². The van der Waals surface area contributed by atoms with Crippen LogP contribution in [0.3, 0.4) is 0 Å². The topological polar surface area (TPSA) is 107 Å². The molecule has 172 valence electrons. The van der Waals surface area contributed by atoms with Crippen LogP contribution in [0.25, 0.3) is 16.6 Å². The first-order valence-corrected chi connectivity index (χ1v) is 11.3. The van der Waals surface area contributed by atoms with Gasteiger partial charge in [-0.3, -0.25) is 24.3 Å². The fourth-order valence-corrected chi connectivity index (χ4v) is 4.27. The maximum atomic E-state index is 14.0. The van der Waals surface area contributed by atoms with Crippen molar-refractivity contribution in [3.63, 3.8) is 0 Å². The minimum Gasteiger partial charge on any atom is -0.323 e. The van der Waals surface area contributed by atoms with E-state index < -0.39 is 16.6 Å². The number of hydrogen-bond acceptors (Lipinski definition) is 6. The van der Waals surface area contributed by atoms with Gasteiger partial charge in [-0.25, -0.2) is 9.37 Å². The van der Waals surface area contributed by atoms with Gasteiger partial charge in [-0.1, -0.05) is 41.6 Å². The number of anilines is 1. The van der Waals surface area contributed by atoms with Crippen molar-refractivity contribution in [1.29, 1.82) is 0 Å². The summed E-state index contributed by atoms with van der Waals surface area (Å²) in [5.74, 6) is -1.66. The lowest BCUT2D eigenvalue weighted by atomic mass is 10.2. The number of nitrogens with zero attached hydrogens (tertiary/aromatic N) is 3. The Morgan fingerprint density at radius 2 is 1.97 bits per heavy atom. The molecule has 0 radical (unpaired) electrons. The van der Waals surface area contributed by atoms with E-state index in [4.69, 9.17) is 11.6 Å². The lowest BCUT2D eigenvalue weighted by Gasteiger charge is -2.15. The fourth-order valence-electron chi connectivity index (χ4n) is 3.30. The average molecular weight is 499 g/mol. The van der Waals surface area contributed by atoms with Gasteiger partial charge in [0.25, 0.3) is 11.2 Å². The van der Waals surface area contributed by atoms with Gasteiger partial charge in [0.05, 0.1) is 33.0 Å². The smallest absolute Gasteiger partial charge is 0.271 e. The molecular formula is C23H16ClFN4O4S. The highest BCUT2D eigenvalue weighted by atomic mass is 35.5. The number of para-hydroxylation sites is 1. The summed E-state index contributed by atoms with van der Waals surface area (Å²) < 4.78 is 15.4. The first kappa shape index (κ1) is 23.4. The number of benzene rings is 3. The third-order valence-corrected chi connectivity index (χ3v) is 6.34. The largest absolute Gasteiger partial charge is 0.323 e. The number of hydrogen-bond donors (Lipinski definition) is 1. The van der Waals surface area contributed by atoms with Crippen LogP contribution in [0.5, 0.6) is 0 Å². The van der Waals surface area contributed by atoms with E-state index in [1.54, 1.807) is 49.4 Å². The van der Waals surface area contributed by atoms with E-state index in [1.807, 2.05) is 0 Å². The molecule has 34 heavy (non-hydrogen) atoms. The van der Waals surface area contributed by atoms with Crippen molar-refractivity contribution in [3.8, 4) is 5.69 Å². The number of aromatic nitrogens is 2. The lowest BCUT2D eigenvalue weighted by molar-refractivity contribution is -0.384. The number of fused-ring (bicyclic) bond motifs is 1. The molecule has 8 nitrogen and oxygen atoms in total. The fraction of sp³-hybridized carbons (Fsp3) is 0.0870. The number of carbonyl (C=O) groups is 1. The van der Waals surface area contributed by atoms with Gasteiger partial charge in [-0.05, 0) is 42.8 Å². The van der Waals surface area contributed by atoms with Gasteiger partial charge in [0.1, 0.15) is 5.82 Å². The SMILES string of the molecule is Cc1c(Cl)cccc1-n1c(SCC(=O)Nc2cc([N+](=O)[O-])ccc2F)nc2ccccc2c1=O. The van der Waals surface area contributed by atoms with Gasteiger partial charge in [0, 0.05) is 17.2 Å². The van der Waals surface area contributed by atoms with Gasteiger partial charge in [-0.2, -0.15) is 0 Å². The van der Waals surface area contributed by atoms with E-state index in [9.17, 15) is 24.1 Å². The van der Waals surface area contributed by atoms with E-state index in [0.717, 1.165) is 30.0 Å². The van der Waals surface area contributed by atoms with Gasteiger partial charge in [-0.15, -0.1) is 0 Å². The lowest BCUT2D eigenvalue weighted by Crippen LogP contribution is -2.23. The van der Waals surface area contributed by atoms with Crippen LogP contribution in [0.1, 0.15) is 5.56 Å². The molecule has 0 spiro atoms. The number of nitrogens with one attached hydrogen (secondary N) is 1. The van der Waals surface area contributed by atoms with Crippen molar-refractivity contribution >= 4 is 51.5 Å². The number of nitro benzene ring substituents is 1. The Morgan fingerprint density at radius 3 is 2.74 bits per heavy atom. The molecule has 0 aliphatic rings. The minimum atomic E-state index is -0.806. The first-order chi connectivity index (χ1) is 16.3. The zero-order valence-electron chi connectivity index (χ0n) is 17.6. The second-order valence-electron chi connectivity index (χ2n) is 7.19. The number of carbonyl (C=O) groups excluding carboxylic acids is 1. The Kier molecular flexibility index (Phi) is 6.62. The van der Waals surface area contributed by atoms with Crippen LogP contribution in [-0.2, 0) is 4.79 Å². The number of thioether (sulfide) groups is 1. The van der Waals surface area contributed by atoms with Gasteiger partial charge in [0.2, 0.25) is 5.91 Å². The van der Waals surface area contributed by atoms with E-state index in [1.165, 1.54) is 4.57 Å². The zero-order valence-corrected chi connectivity index (χ0v) is 19.2. The van der Waals surface area contributed by atoms with E-state index >= 15 is 0 Å². The van der Waals surface area contributed by atoms with Crippen LogP contribution in [0.4, 0.5) is 15.8 Å². The van der Waals surface area contributed by atoms with Crippen molar-refractivity contribution in [2.24, 2.45) is 0 Å². The molecule has 0 bridgehead atoms. The molecule has 0 atom stereocenters. The maximum absolute atomic E-state index is 14.0. The van der Waals surface area contributed by atoms with Crippen LogP contribution in [0.2, 0.25) is 5.02 Å². The number of halogens is 2. The zero-order chi connectivity index (χ0) is 24.4. The predicted molar refractivity (Wildman–Crippen MR) is 129 cm³/mol. The average Bonchev–Trinajstić information content (AvgIpc) is 2.81. The van der Waals surface area contributed by atoms with Crippen molar-refractivity contribution in [2.75, 3.05) is 11.1 Å². The standard InChI is InChI=1S/C23H16ClFN4O4S/c1-13-16(24)6-4-8-20(13)28-22(31)15-5-2-3-7-18(15)27-23(28)34-12-21(30)26-19-11-14(29(32)33)9-10-17(19)25/h2-11H,12H2,1H3,(H,26,30). The van der Waals surface area contributed by atoms with E-state index in [2.05, 4.69) is 10.3 Å². The Balaban J connectivity index is 1.69. The predicted octanol–water partition coefficient (Wildman–Crippen LogP) is 5.13. The van der Waals surface area contributed by atoms with E-state index in [0.29, 0.717) is 27.2 Å². The Labute approximate surface area is 201 Å². The molecule has 1 aromatic heterocycles. The quantitative estimate of drug-likeness (QED) is 0.171. The normalized spacial score (nSPS) is 10.9. The summed E-state index contributed by atoms with van der Waals surface area (Å²) in [5, 5.41) is 14.4. The molecule has 4 rings (SSSR count). The number of non-ortho nitro benzene ring substituents is 1. The summed E-state index contributed by atoms with van der Waals surface area (Å²) in [4.78, 5) is 40.7. The monoisotopic (exact) mass is 498 g/mol. The summed E-state index contributed by atoms with van der Waals surface area (Å²) in [5.41, 5.74) is 0.636. The maximum Gasteiger partial charge on any atom is 0.271 e. The second kappa shape index (κ2) is 9.62. The van der Waals surface area contributed by atoms with Gasteiger partial charge >= 0.3 is 0 Å². The van der Waals surface area contributed by atoms with Crippen LogP contribution < -0.4 is 10.9 Å². The molecular weight excluding hydrogens is 483 g/mol. The molecule has 1 amide bonds. The summed E-state index contributed by atoms with van der Waals surface area (Å²) in [6.07, 6.45) is 0. The summed E-state index contributed by atoms with van der Waals surface area (Å²) in [7, 11) is 0. The Bertz CT molecular complexity index is 1510. The van der Waals surface area contributed by atoms with Crippen molar-refractivity contribution < 1.29 is 14.1 Å². The molecule has 0 saturated heterocycles. The number of nitro groups is 1. The Morgan fingerprint density at radius 1 is 1.21 bits per heavy atom. The highest BCUT2D eigenvalue weighted by Gasteiger charge is 2.18. The van der Waals surface area contributed by atoms with Crippen LogP contribution in [0, 0.1) is 22.9 Å². The molecule has 3 aromatic carbocycles. The first-order valence-electron chi connectivity index (χ1n) is 9.90. The van der Waals surface area contributed by atoms with Gasteiger partial charge < -0.3 is 5.32 Å². The van der Waals surface area contributed by atoms with Crippen LogP contribution in [-0.4, -0.2) is 26.1 Å². The highest BCUT2D eigenvalue weighted by molar-refractivity contribution is 7.99. The molecule has 0 fully saturated rings. The molecule has 0 aliphatic carbocycles. The summed E-state index contributed by atoms with van der Waals surface area (Å²) >= 11 is 7.23. The molecule has 1 heterocycles. The number of amides is 1. The van der Waals surface area contributed by atoms with Gasteiger partial charge in [0.15, 0.2) is 5.16 Å². The van der Waals surface area contributed by atoms with Crippen LogP contribution >= 0.6 is 23.4 Å². The molecule has 4 aromatic rings. The van der Waals surface area contributed by atoms with Crippen molar-refractivity contribution in [2.45, 2.75) is 12.1 Å². The minimum absolute atomic E-state index is 0.230. The Hall–Kier alpha value is -3.76. The summed E-state index contributed by atoms with van der Waals surface area (Å²) in [6, 6.07) is 14.8. The molecule has 1 N–H and O–H groups in total. The van der Waals surface area contributed by atoms with Crippen molar-refractivity contribution in [3.05, 3.63) is 97.5 Å². The van der Waals surface area contributed by atoms with Crippen molar-refractivity contribution in [1.82, 2.24) is 9.55 Å². The third kappa shape index (κ3) is 4.63. The second-order valence-corrected chi connectivity index (χ2v) is 8.54. The molecule has 11 heteroatoms. The highest BCUT2D eigenvalue weighted by Crippen LogP contribution is 2.27. The molecule has 0 aliphatic heterocycles.